The van der Waals surface area contributed by atoms with Gasteiger partial charge in [0.1, 0.15) is 11.6 Å². The van der Waals surface area contributed by atoms with Gasteiger partial charge in [-0.05, 0) is 13.8 Å². The second kappa shape index (κ2) is 6.97. The molecule has 0 atom stereocenters. The van der Waals surface area contributed by atoms with Crippen LogP contribution < -0.4 is 10.6 Å². The average Bonchev–Trinajstić information content (AvgIpc) is 2.40. The molecule has 19 heavy (non-hydrogen) atoms. The fraction of sp³-hybridized carbons (Fsp3) is 0.214. The molecule has 1 aromatic carbocycles. The molecule has 0 fully saturated rings. The number of carbonyl (C=O) groups excluding carboxylic acids is 2. The number of aryl methyl sites for hydroxylation is 1. The van der Waals surface area contributed by atoms with Gasteiger partial charge in [-0.2, -0.15) is 5.26 Å². The van der Waals surface area contributed by atoms with Crippen LogP contribution in [0.25, 0.3) is 0 Å². The van der Waals surface area contributed by atoms with Gasteiger partial charge in [0.25, 0.3) is 0 Å². The molecule has 1 rings (SSSR count). The van der Waals surface area contributed by atoms with E-state index in [1.54, 1.807) is 37.3 Å². The summed E-state index contributed by atoms with van der Waals surface area (Å²) in [5.41, 5.74) is 1.32. The standard InChI is InChI=1S/C14H15N3O2/c1-3-16-14(19)17-9-12(8-15)13(18)11-6-4-10(2)5-7-11/h4-7,9H,3H2,1-2H3,(H2,16,17,19). The minimum Gasteiger partial charge on any atom is -0.338 e. The van der Waals surface area contributed by atoms with Gasteiger partial charge in [-0.15, -0.1) is 0 Å². The third-order valence-corrected chi connectivity index (χ3v) is 2.36. The van der Waals surface area contributed by atoms with Gasteiger partial charge < -0.3 is 10.6 Å². The zero-order valence-corrected chi connectivity index (χ0v) is 10.9. The Hall–Kier alpha value is -2.61. The Labute approximate surface area is 111 Å². The molecule has 0 bridgehead atoms. The Bertz CT molecular complexity index is 539. The van der Waals surface area contributed by atoms with Crippen molar-refractivity contribution >= 4 is 11.8 Å². The van der Waals surface area contributed by atoms with Gasteiger partial charge in [-0.25, -0.2) is 4.79 Å². The van der Waals surface area contributed by atoms with E-state index in [9.17, 15) is 9.59 Å². The van der Waals surface area contributed by atoms with E-state index in [-0.39, 0.29) is 5.57 Å². The number of hydrogen-bond acceptors (Lipinski definition) is 3. The first-order valence-corrected chi connectivity index (χ1v) is 5.84. The van der Waals surface area contributed by atoms with Crippen LogP contribution in [-0.4, -0.2) is 18.4 Å². The molecule has 2 N–H and O–H groups in total. The second-order valence-electron chi connectivity index (χ2n) is 3.87. The molecule has 0 spiro atoms. The lowest BCUT2D eigenvalue weighted by molar-refractivity contribution is 0.103. The van der Waals surface area contributed by atoms with Crippen molar-refractivity contribution < 1.29 is 9.59 Å². The summed E-state index contributed by atoms with van der Waals surface area (Å²) >= 11 is 0. The van der Waals surface area contributed by atoms with E-state index >= 15 is 0 Å². The summed E-state index contributed by atoms with van der Waals surface area (Å²) in [5, 5.41) is 13.8. The van der Waals surface area contributed by atoms with Crippen LogP contribution in [0.2, 0.25) is 0 Å². The number of carbonyl (C=O) groups is 2. The fourth-order valence-corrected chi connectivity index (χ4v) is 1.36. The number of nitrogens with one attached hydrogen (secondary N) is 2. The van der Waals surface area contributed by atoms with Crippen molar-refractivity contribution in [2.45, 2.75) is 13.8 Å². The van der Waals surface area contributed by atoms with Crippen LogP contribution in [0, 0.1) is 18.3 Å². The first kappa shape index (κ1) is 14.5. The highest BCUT2D eigenvalue weighted by Crippen LogP contribution is 2.08. The van der Waals surface area contributed by atoms with Crippen molar-refractivity contribution in [1.29, 1.82) is 5.26 Å². The molecule has 0 saturated heterocycles. The molecule has 98 valence electrons. The van der Waals surface area contributed by atoms with Crippen molar-refractivity contribution in [3.63, 3.8) is 0 Å². The minimum atomic E-state index is -0.452. The molecular weight excluding hydrogens is 242 g/mol. The Kier molecular flexibility index (Phi) is 5.30. The van der Waals surface area contributed by atoms with E-state index in [2.05, 4.69) is 10.6 Å². The highest BCUT2D eigenvalue weighted by molar-refractivity contribution is 6.11. The van der Waals surface area contributed by atoms with E-state index in [0.29, 0.717) is 12.1 Å². The maximum atomic E-state index is 12.0. The lowest BCUT2D eigenvalue weighted by Crippen LogP contribution is -2.32. The van der Waals surface area contributed by atoms with Crippen LogP contribution in [0.5, 0.6) is 0 Å². The molecule has 2 amide bonds. The van der Waals surface area contributed by atoms with Gasteiger partial charge in [0, 0.05) is 18.3 Å². The van der Waals surface area contributed by atoms with Crippen LogP contribution in [0.1, 0.15) is 22.8 Å². The largest absolute Gasteiger partial charge is 0.338 e. The molecule has 1 aromatic rings. The van der Waals surface area contributed by atoms with Crippen molar-refractivity contribution in [3.8, 4) is 6.07 Å². The van der Waals surface area contributed by atoms with E-state index in [1.807, 2.05) is 6.92 Å². The number of Topliss-reactive ketones (excluding diaryl/α,β-unsaturated/α-hetero) is 1. The zero-order chi connectivity index (χ0) is 14.3. The Morgan fingerprint density at radius 2 is 1.95 bits per heavy atom. The number of ketones is 1. The molecule has 0 aliphatic carbocycles. The van der Waals surface area contributed by atoms with Gasteiger partial charge in [0.15, 0.2) is 0 Å². The molecular formula is C14H15N3O2. The number of hydrogen-bond donors (Lipinski definition) is 2. The third-order valence-electron chi connectivity index (χ3n) is 2.36. The summed E-state index contributed by atoms with van der Waals surface area (Å²) in [4.78, 5) is 23.2. The van der Waals surface area contributed by atoms with Crippen LogP contribution in [-0.2, 0) is 0 Å². The van der Waals surface area contributed by atoms with E-state index in [0.717, 1.165) is 11.8 Å². The lowest BCUT2D eigenvalue weighted by atomic mass is 10.0. The Morgan fingerprint density at radius 1 is 1.32 bits per heavy atom. The summed E-state index contributed by atoms with van der Waals surface area (Å²) in [6.45, 7) is 4.14. The number of allylic oxidation sites excluding steroid dienone is 1. The third kappa shape index (κ3) is 4.28. The maximum Gasteiger partial charge on any atom is 0.318 e. The number of rotatable bonds is 4. The number of benzene rings is 1. The summed E-state index contributed by atoms with van der Waals surface area (Å²) in [6.07, 6.45) is 1.12. The maximum absolute atomic E-state index is 12.0. The molecule has 0 heterocycles. The molecule has 0 saturated carbocycles. The molecule has 0 radical (unpaired) electrons. The highest BCUT2D eigenvalue weighted by Gasteiger charge is 2.12. The smallest absolute Gasteiger partial charge is 0.318 e. The molecule has 0 aliphatic rings. The highest BCUT2D eigenvalue weighted by atomic mass is 16.2. The van der Waals surface area contributed by atoms with Crippen LogP contribution >= 0.6 is 0 Å². The number of nitriles is 1. The summed E-state index contributed by atoms with van der Waals surface area (Å²) in [7, 11) is 0. The van der Waals surface area contributed by atoms with Crippen molar-refractivity contribution in [2.24, 2.45) is 0 Å². The summed E-state index contributed by atoms with van der Waals surface area (Å²) in [5.74, 6) is -0.417. The molecule has 5 nitrogen and oxygen atoms in total. The second-order valence-corrected chi connectivity index (χ2v) is 3.87. The minimum absolute atomic E-state index is 0.116. The summed E-state index contributed by atoms with van der Waals surface area (Å²) < 4.78 is 0. The lowest BCUT2D eigenvalue weighted by Gasteiger charge is -2.02. The molecule has 0 aromatic heterocycles. The van der Waals surface area contributed by atoms with Gasteiger partial charge in [0.05, 0.1) is 0 Å². The summed E-state index contributed by atoms with van der Waals surface area (Å²) in [6, 6.07) is 8.21. The van der Waals surface area contributed by atoms with Gasteiger partial charge in [-0.3, -0.25) is 4.79 Å². The predicted octanol–water partition coefficient (Wildman–Crippen LogP) is 1.90. The van der Waals surface area contributed by atoms with Crippen LogP contribution in [0.3, 0.4) is 0 Å². The van der Waals surface area contributed by atoms with Gasteiger partial charge in [-0.1, -0.05) is 29.8 Å². The van der Waals surface area contributed by atoms with Gasteiger partial charge >= 0.3 is 6.03 Å². The molecule has 0 unspecified atom stereocenters. The SMILES string of the molecule is CCNC(=O)NC=C(C#N)C(=O)c1ccc(C)cc1. The molecule has 5 heteroatoms. The fourth-order valence-electron chi connectivity index (χ4n) is 1.36. The molecule has 0 aliphatic heterocycles. The van der Waals surface area contributed by atoms with E-state index in [4.69, 9.17) is 5.26 Å². The number of urea groups is 1. The monoisotopic (exact) mass is 257 g/mol. The Morgan fingerprint density at radius 3 is 2.47 bits per heavy atom. The van der Waals surface area contributed by atoms with Crippen LogP contribution in [0.15, 0.2) is 36.0 Å². The average molecular weight is 257 g/mol. The van der Waals surface area contributed by atoms with Gasteiger partial charge in [0.2, 0.25) is 5.78 Å². The first-order chi connectivity index (χ1) is 9.08. The van der Waals surface area contributed by atoms with Crippen molar-refractivity contribution in [2.75, 3.05) is 6.54 Å². The van der Waals surface area contributed by atoms with E-state index in [1.165, 1.54) is 0 Å². The van der Waals surface area contributed by atoms with Crippen molar-refractivity contribution in [3.05, 3.63) is 47.2 Å². The quantitative estimate of drug-likeness (QED) is 0.491. The van der Waals surface area contributed by atoms with Crippen LogP contribution in [0.4, 0.5) is 4.79 Å². The predicted molar refractivity (Wildman–Crippen MR) is 71.4 cm³/mol. The zero-order valence-electron chi connectivity index (χ0n) is 10.9. The topological polar surface area (TPSA) is 82.0 Å². The van der Waals surface area contributed by atoms with Crippen molar-refractivity contribution in [1.82, 2.24) is 10.6 Å². The number of amides is 2. The normalized spacial score (nSPS) is 10.5. The number of nitrogens with zero attached hydrogens (tertiary/aromatic N) is 1. The Balaban J connectivity index is 2.83. The first-order valence-electron chi connectivity index (χ1n) is 5.84. The van der Waals surface area contributed by atoms with E-state index < -0.39 is 11.8 Å².